The molecule has 0 aromatic heterocycles. The van der Waals surface area contributed by atoms with E-state index in [0.717, 1.165) is 5.56 Å². The molecule has 0 atom stereocenters. The molecule has 0 unspecified atom stereocenters. The molecule has 0 amide bonds. The number of benzene rings is 1. The molecule has 0 fully saturated rings. The van der Waals surface area contributed by atoms with E-state index in [9.17, 15) is 5.02 Å². The summed E-state index contributed by atoms with van der Waals surface area (Å²) in [7, 11) is -4.55. The van der Waals surface area contributed by atoms with Gasteiger partial charge in [-0.15, -0.1) is 0 Å². The van der Waals surface area contributed by atoms with Crippen LogP contribution in [0.15, 0.2) is 24.3 Å². The number of aryl methyl sites for hydroxylation is 1. The Labute approximate surface area is 131 Å². The summed E-state index contributed by atoms with van der Waals surface area (Å²) in [4.78, 5) is 0. The molecule has 118 valence electrons. The summed E-state index contributed by atoms with van der Waals surface area (Å²) in [5.74, 6) is 0. The number of rotatable bonds is 7. The van der Waals surface area contributed by atoms with Gasteiger partial charge in [-0.05, 0) is 12.5 Å². The molecular formula is C14H28BNO3Si2. The molecule has 0 saturated heterocycles. The van der Waals surface area contributed by atoms with Crippen molar-refractivity contribution in [3.63, 3.8) is 0 Å². The van der Waals surface area contributed by atoms with Crippen LogP contribution in [0, 0.1) is 6.92 Å². The highest BCUT2D eigenvalue weighted by molar-refractivity contribution is 6.89. The van der Waals surface area contributed by atoms with Crippen LogP contribution >= 0.6 is 0 Å². The summed E-state index contributed by atoms with van der Waals surface area (Å²) in [6.07, 6.45) is 0. The molecule has 0 aliphatic rings. The van der Waals surface area contributed by atoms with Gasteiger partial charge in [0.15, 0.2) is 0 Å². The van der Waals surface area contributed by atoms with Crippen LogP contribution in [0.4, 0.5) is 0 Å². The quantitative estimate of drug-likeness (QED) is 0.616. The van der Waals surface area contributed by atoms with Crippen molar-refractivity contribution >= 4 is 23.8 Å². The molecule has 4 nitrogen and oxygen atoms in total. The fourth-order valence-electron chi connectivity index (χ4n) is 2.29. The number of hydrogen-bond donors (Lipinski definition) is 1. The lowest BCUT2D eigenvalue weighted by atomic mass is 10.1. The van der Waals surface area contributed by atoms with E-state index in [1.165, 1.54) is 5.56 Å². The SMILES string of the molecule is Cc1ccc(COB(O)ON([Si](C)(C)C)[Si](C)(C)C)cc1. The maximum atomic E-state index is 10.0. The molecule has 0 saturated carbocycles. The van der Waals surface area contributed by atoms with Gasteiger partial charge in [-0.1, -0.05) is 69.1 Å². The minimum atomic E-state index is -1.67. The molecule has 0 radical (unpaired) electrons. The highest BCUT2D eigenvalue weighted by Gasteiger charge is 2.39. The first-order valence-electron chi connectivity index (χ1n) is 7.32. The third kappa shape index (κ3) is 6.46. The van der Waals surface area contributed by atoms with Crippen molar-refractivity contribution in [2.45, 2.75) is 52.8 Å². The molecule has 1 rings (SSSR count). The van der Waals surface area contributed by atoms with E-state index in [-0.39, 0.29) is 0 Å². The molecular weight excluding hydrogens is 297 g/mol. The van der Waals surface area contributed by atoms with Gasteiger partial charge in [0.25, 0.3) is 0 Å². The minimum Gasteiger partial charge on any atom is -0.401 e. The lowest BCUT2D eigenvalue weighted by Gasteiger charge is -2.42. The smallest absolute Gasteiger partial charge is 0.401 e. The first-order valence-corrected chi connectivity index (χ1v) is 14.2. The Morgan fingerprint density at radius 3 is 1.90 bits per heavy atom. The second-order valence-corrected chi connectivity index (χ2v) is 17.3. The molecule has 0 aliphatic carbocycles. The number of nitrogens with zero attached hydrogens (tertiary/aromatic N) is 1. The van der Waals surface area contributed by atoms with Gasteiger partial charge in [0, 0.05) is 0 Å². The monoisotopic (exact) mass is 325 g/mol. The molecule has 0 aliphatic heterocycles. The molecule has 7 heteroatoms. The molecule has 0 bridgehead atoms. The first kappa shape index (κ1) is 18.6. The average molecular weight is 325 g/mol. The van der Waals surface area contributed by atoms with E-state index in [0.29, 0.717) is 6.61 Å². The Kier molecular flexibility index (Phi) is 6.39. The predicted octanol–water partition coefficient (Wildman–Crippen LogP) is 3.39. The summed E-state index contributed by atoms with van der Waals surface area (Å²) in [5, 5.41) is 10.0. The van der Waals surface area contributed by atoms with Crippen molar-refractivity contribution in [1.82, 2.24) is 4.39 Å². The first-order chi connectivity index (χ1) is 9.50. The van der Waals surface area contributed by atoms with Crippen LogP contribution in [0.1, 0.15) is 11.1 Å². The van der Waals surface area contributed by atoms with E-state index >= 15 is 0 Å². The zero-order valence-electron chi connectivity index (χ0n) is 14.3. The van der Waals surface area contributed by atoms with Gasteiger partial charge in [0.05, 0.1) is 6.61 Å². The summed E-state index contributed by atoms with van der Waals surface area (Å²) in [6, 6.07) is 8.05. The fraction of sp³-hybridized carbons (Fsp3) is 0.571. The van der Waals surface area contributed by atoms with Crippen molar-refractivity contribution in [3.8, 4) is 0 Å². The van der Waals surface area contributed by atoms with Crippen LogP contribution in [0.3, 0.4) is 0 Å². The van der Waals surface area contributed by atoms with Crippen molar-refractivity contribution in [3.05, 3.63) is 35.4 Å². The molecule has 1 aromatic rings. The maximum Gasteiger partial charge on any atom is 0.653 e. The Bertz CT molecular complexity index is 429. The normalized spacial score (nSPS) is 12.8. The van der Waals surface area contributed by atoms with Crippen LogP contribution < -0.4 is 0 Å². The third-order valence-electron chi connectivity index (χ3n) is 2.93. The van der Waals surface area contributed by atoms with Gasteiger partial charge < -0.3 is 14.4 Å². The summed E-state index contributed by atoms with van der Waals surface area (Å²) < 4.78 is 13.2. The average Bonchev–Trinajstić information content (AvgIpc) is 2.32. The highest BCUT2D eigenvalue weighted by atomic mass is 28.4. The van der Waals surface area contributed by atoms with Gasteiger partial charge in [-0.2, -0.15) is 0 Å². The van der Waals surface area contributed by atoms with Crippen molar-refractivity contribution in [2.24, 2.45) is 0 Å². The number of hydrogen-bond acceptors (Lipinski definition) is 4. The highest BCUT2D eigenvalue weighted by Crippen LogP contribution is 2.20. The predicted molar refractivity (Wildman–Crippen MR) is 93.6 cm³/mol. The van der Waals surface area contributed by atoms with Gasteiger partial charge in [0.2, 0.25) is 0 Å². The second-order valence-electron chi connectivity index (χ2n) is 7.35. The third-order valence-corrected chi connectivity index (χ3v) is 9.60. The van der Waals surface area contributed by atoms with Gasteiger partial charge >= 0.3 is 7.32 Å². The van der Waals surface area contributed by atoms with Gasteiger partial charge in [-0.25, -0.2) is 4.39 Å². The zero-order chi connectivity index (χ0) is 16.3. The zero-order valence-corrected chi connectivity index (χ0v) is 16.3. The lowest BCUT2D eigenvalue weighted by molar-refractivity contribution is 0.0158. The van der Waals surface area contributed by atoms with Gasteiger partial charge in [0.1, 0.15) is 16.5 Å². The Balaban J connectivity index is 2.58. The minimum absolute atomic E-state index is 0.340. The van der Waals surface area contributed by atoms with Crippen LogP contribution in [0.25, 0.3) is 0 Å². The van der Waals surface area contributed by atoms with Crippen molar-refractivity contribution in [2.75, 3.05) is 0 Å². The van der Waals surface area contributed by atoms with Crippen molar-refractivity contribution in [1.29, 1.82) is 0 Å². The second kappa shape index (κ2) is 7.21. The van der Waals surface area contributed by atoms with Crippen LogP contribution in [0.2, 0.25) is 39.3 Å². The Hall–Kier alpha value is -0.441. The largest absolute Gasteiger partial charge is 0.653 e. The summed E-state index contributed by atoms with van der Waals surface area (Å²) >= 11 is 0. The standard InChI is InChI=1S/C14H28BNO3Si2/c1-13-8-10-14(11-9-13)12-18-15(17)19-16(20(2,3)4)21(5,6)7/h8-11,17H,12H2,1-7H3. The Morgan fingerprint density at radius 2 is 1.48 bits per heavy atom. The van der Waals surface area contributed by atoms with E-state index in [4.69, 9.17) is 9.41 Å². The fourth-order valence-corrected chi connectivity index (χ4v) is 11.2. The van der Waals surface area contributed by atoms with Crippen LogP contribution in [0.5, 0.6) is 0 Å². The maximum absolute atomic E-state index is 10.0. The molecule has 1 aromatic carbocycles. The Morgan fingerprint density at radius 1 is 1.00 bits per heavy atom. The van der Waals surface area contributed by atoms with E-state index in [1.54, 1.807) is 0 Å². The van der Waals surface area contributed by atoms with Gasteiger partial charge in [-0.3, -0.25) is 0 Å². The molecule has 1 N–H and O–H groups in total. The summed E-state index contributed by atoms with van der Waals surface area (Å²) in [6.45, 7) is 15.6. The van der Waals surface area contributed by atoms with E-state index in [2.05, 4.69) is 39.3 Å². The van der Waals surface area contributed by atoms with E-state index in [1.807, 2.05) is 35.6 Å². The molecule has 0 spiro atoms. The lowest BCUT2D eigenvalue weighted by Crippen LogP contribution is -2.60. The van der Waals surface area contributed by atoms with Crippen LogP contribution in [-0.2, 0) is 16.0 Å². The molecule has 21 heavy (non-hydrogen) atoms. The topological polar surface area (TPSA) is 41.9 Å². The van der Waals surface area contributed by atoms with Crippen molar-refractivity contribution < 1.29 is 14.4 Å². The molecule has 0 heterocycles. The van der Waals surface area contributed by atoms with Crippen LogP contribution in [-0.4, -0.2) is 33.2 Å². The summed E-state index contributed by atoms with van der Waals surface area (Å²) in [5.41, 5.74) is 2.23. The van der Waals surface area contributed by atoms with E-state index < -0.39 is 23.8 Å².